The molecule has 0 N–H and O–H groups in total. The summed E-state index contributed by atoms with van der Waals surface area (Å²) in [6, 6.07) is 11.0. The fourth-order valence-corrected chi connectivity index (χ4v) is 3.51. The van der Waals surface area contributed by atoms with Crippen molar-refractivity contribution in [2.45, 2.75) is 25.2 Å². The number of halogens is 1. The molecule has 2 aliphatic rings. The number of carbonyl (C=O) groups excluding carboxylic acids is 1. The molecule has 7 heteroatoms. The third kappa shape index (κ3) is 3.79. The van der Waals surface area contributed by atoms with Crippen molar-refractivity contribution in [3.63, 3.8) is 0 Å². The molecular formula is C19H20BrNO5. The first-order valence-electron chi connectivity index (χ1n) is 8.68. The van der Waals surface area contributed by atoms with Gasteiger partial charge in [0.1, 0.15) is 18.1 Å². The average Bonchev–Trinajstić information content (AvgIpc) is 3.31. The van der Waals surface area contributed by atoms with Crippen LogP contribution >= 0.6 is 15.9 Å². The summed E-state index contributed by atoms with van der Waals surface area (Å²) in [7, 11) is 0. The lowest BCUT2D eigenvalue weighted by Crippen LogP contribution is -2.47. The van der Waals surface area contributed by atoms with Crippen LogP contribution in [0.3, 0.4) is 0 Å². The predicted molar refractivity (Wildman–Crippen MR) is 97.0 cm³/mol. The zero-order valence-corrected chi connectivity index (χ0v) is 15.9. The second-order valence-electron chi connectivity index (χ2n) is 6.41. The summed E-state index contributed by atoms with van der Waals surface area (Å²) >= 11 is 3.39. The lowest BCUT2D eigenvalue weighted by molar-refractivity contribution is -0.181. The lowest BCUT2D eigenvalue weighted by Gasteiger charge is -2.37. The standard InChI is InChI=1S/C19H20BrNO5/c20-14-1-3-15(4-2-14)23-13-16-5-6-17(26-16)18(22)21-9-7-19(8-10-21)24-11-12-25-19/h1-6H,7-13H2. The van der Waals surface area contributed by atoms with Crippen molar-refractivity contribution >= 4 is 21.8 Å². The molecule has 0 radical (unpaired) electrons. The average molecular weight is 422 g/mol. The Bertz CT molecular complexity index is 756. The number of carbonyl (C=O) groups is 1. The van der Waals surface area contributed by atoms with Crippen LogP contribution in [0, 0.1) is 0 Å². The van der Waals surface area contributed by atoms with Crippen LogP contribution in [0.25, 0.3) is 0 Å². The van der Waals surface area contributed by atoms with Gasteiger partial charge in [-0.25, -0.2) is 0 Å². The molecule has 1 aromatic heterocycles. The van der Waals surface area contributed by atoms with Gasteiger partial charge in [0.15, 0.2) is 11.5 Å². The molecule has 1 spiro atoms. The Labute approximate surface area is 160 Å². The van der Waals surface area contributed by atoms with E-state index in [1.165, 1.54) is 0 Å². The predicted octanol–water partition coefficient (Wildman–Crippen LogP) is 3.60. The number of hydrogen-bond donors (Lipinski definition) is 0. The number of rotatable bonds is 4. The normalized spacial score (nSPS) is 19.0. The third-order valence-electron chi connectivity index (χ3n) is 4.69. The van der Waals surface area contributed by atoms with Crippen LogP contribution in [0.4, 0.5) is 0 Å². The Kier molecular flexibility index (Phi) is 5.02. The number of benzene rings is 1. The van der Waals surface area contributed by atoms with E-state index in [4.69, 9.17) is 18.6 Å². The Morgan fingerprint density at radius 3 is 2.46 bits per heavy atom. The van der Waals surface area contributed by atoms with Gasteiger partial charge in [0.2, 0.25) is 0 Å². The Balaban J connectivity index is 1.32. The molecule has 1 aromatic carbocycles. The largest absolute Gasteiger partial charge is 0.486 e. The van der Waals surface area contributed by atoms with Crippen LogP contribution in [-0.4, -0.2) is 42.9 Å². The van der Waals surface area contributed by atoms with Crippen LogP contribution in [0.2, 0.25) is 0 Å². The monoisotopic (exact) mass is 421 g/mol. The van der Waals surface area contributed by atoms with Crippen molar-refractivity contribution in [2.75, 3.05) is 26.3 Å². The minimum absolute atomic E-state index is 0.104. The number of amides is 1. The van der Waals surface area contributed by atoms with E-state index in [-0.39, 0.29) is 12.5 Å². The van der Waals surface area contributed by atoms with Crippen molar-refractivity contribution in [3.8, 4) is 5.75 Å². The first-order chi connectivity index (χ1) is 12.6. The smallest absolute Gasteiger partial charge is 0.289 e. The third-order valence-corrected chi connectivity index (χ3v) is 5.22. The van der Waals surface area contributed by atoms with E-state index in [0.29, 0.717) is 50.7 Å². The molecule has 2 fully saturated rings. The van der Waals surface area contributed by atoms with Crippen molar-refractivity contribution in [3.05, 3.63) is 52.4 Å². The lowest BCUT2D eigenvalue weighted by atomic mass is 10.0. The highest BCUT2D eigenvalue weighted by Crippen LogP contribution is 2.31. The Hall–Kier alpha value is -1.83. The van der Waals surface area contributed by atoms with Gasteiger partial charge >= 0.3 is 0 Å². The summed E-state index contributed by atoms with van der Waals surface area (Å²) in [4.78, 5) is 14.4. The molecule has 0 unspecified atom stereocenters. The van der Waals surface area contributed by atoms with Gasteiger partial charge in [-0.1, -0.05) is 15.9 Å². The number of likely N-dealkylation sites (tertiary alicyclic amines) is 1. The molecule has 0 aliphatic carbocycles. The summed E-state index contributed by atoms with van der Waals surface area (Å²) in [6.45, 7) is 2.75. The van der Waals surface area contributed by atoms with E-state index in [9.17, 15) is 4.79 Å². The van der Waals surface area contributed by atoms with Crippen LogP contribution in [0.1, 0.15) is 29.2 Å². The quantitative estimate of drug-likeness (QED) is 0.754. The number of furan rings is 1. The van der Waals surface area contributed by atoms with Gasteiger partial charge in [-0.05, 0) is 36.4 Å². The van der Waals surface area contributed by atoms with Crippen LogP contribution in [-0.2, 0) is 16.1 Å². The first kappa shape index (κ1) is 17.6. The van der Waals surface area contributed by atoms with E-state index in [1.807, 2.05) is 24.3 Å². The van der Waals surface area contributed by atoms with Gasteiger partial charge in [0, 0.05) is 30.4 Å². The van der Waals surface area contributed by atoms with E-state index in [2.05, 4.69) is 15.9 Å². The molecule has 6 nitrogen and oxygen atoms in total. The van der Waals surface area contributed by atoms with Crippen molar-refractivity contribution in [2.24, 2.45) is 0 Å². The molecule has 138 valence electrons. The van der Waals surface area contributed by atoms with Gasteiger partial charge in [-0.2, -0.15) is 0 Å². The molecule has 2 aromatic rings. The highest BCUT2D eigenvalue weighted by atomic mass is 79.9. The summed E-state index contributed by atoms with van der Waals surface area (Å²) in [6.07, 6.45) is 1.39. The van der Waals surface area contributed by atoms with Gasteiger partial charge < -0.3 is 23.5 Å². The summed E-state index contributed by atoms with van der Waals surface area (Å²) in [5, 5.41) is 0. The van der Waals surface area contributed by atoms with Crippen LogP contribution < -0.4 is 4.74 Å². The Morgan fingerprint density at radius 1 is 1.08 bits per heavy atom. The van der Waals surface area contributed by atoms with Gasteiger partial charge in [-0.15, -0.1) is 0 Å². The molecule has 2 aliphatic heterocycles. The molecule has 0 saturated carbocycles. The van der Waals surface area contributed by atoms with E-state index >= 15 is 0 Å². The molecule has 0 bridgehead atoms. The summed E-state index contributed by atoms with van der Waals surface area (Å²) in [5.41, 5.74) is 0. The highest BCUT2D eigenvalue weighted by molar-refractivity contribution is 9.10. The van der Waals surface area contributed by atoms with E-state index < -0.39 is 5.79 Å². The highest BCUT2D eigenvalue weighted by Gasteiger charge is 2.41. The maximum absolute atomic E-state index is 12.6. The number of ether oxygens (including phenoxy) is 3. The maximum Gasteiger partial charge on any atom is 0.289 e. The molecule has 26 heavy (non-hydrogen) atoms. The molecule has 1 amide bonds. The second kappa shape index (κ2) is 7.42. The first-order valence-corrected chi connectivity index (χ1v) is 9.47. The van der Waals surface area contributed by atoms with Crippen molar-refractivity contribution < 1.29 is 23.4 Å². The number of piperidine rings is 1. The molecule has 3 heterocycles. The minimum atomic E-state index is -0.483. The van der Waals surface area contributed by atoms with Crippen LogP contribution in [0.15, 0.2) is 45.3 Å². The van der Waals surface area contributed by atoms with Gasteiger partial charge in [0.05, 0.1) is 13.2 Å². The zero-order valence-electron chi connectivity index (χ0n) is 14.3. The Morgan fingerprint density at radius 2 is 1.77 bits per heavy atom. The zero-order chi connectivity index (χ0) is 18.0. The summed E-state index contributed by atoms with van der Waals surface area (Å²) in [5.74, 6) is 1.11. The van der Waals surface area contributed by atoms with Crippen molar-refractivity contribution in [1.82, 2.24) is 4.90 Å². The fourth-order valence-electron chi connectivity index (χ4n) is 3.25. The van der Waals surface area contributed by atoms with Crippen molar-refractivity contribution in [1.29, 1.82) is 0 Å². The van der Waals surface area contributed by atoms with Crippen LogP contribution in [0.5, 0.6) is 5.75 Å². The fraction of sp³-hybridized carbons (Fsp3) is 0.421. The SMILES string of the molecule is O=C(c1ccc(COc2ccc(Br)cc2)o1)N1CCC2(CC1)OCCO2. The topological polar surface area (TPSA) is 61.1 Å². The number of hydrogen-bond acceptors (Lipinski definition) is 5. The van der Waals surface area contributed by atoms with Gasteiger partial charge in [-0.3, -0.25) is 4.79 Å². The van der Waals surface area contributed by atoms with E-state index in [0.717, 1.165) is 10.2 Å². The molecule has 0 atom stereocenters. The van der Waals surface area contributed by atoms with Gasteiger partial charge in [0.25, 0.3) is 5.91 Å². The molecule has 4 rings (SSSR count). The molecule has 2 saturated heterocycles. The van der Waals surface area contributed by atoms with E-state index in [1.54, 1.807) is 17.0 Å². The minimum Gasteiger partial charge on any atom is -0.486 e. The second-order valence-corrected chi connectivity index (χ2v) is 7.32. The maximum atomic E-state index is 12.6. The number of nitrogens with zero attached hydrogens (tertiary/aromatic N) is 1. The summed E-state index contributed by atoms with van der Waals surface area (Å²) < 4.78 is 23.7. The molecular weight excluding hydrogens is 402 g/mol.